The number of hydrogen-bond acceptors (Lipinski definition) is 3. The normalized spacial score (nSPS) is 28.2. The van der Waals surface area contributed by atoms with Crippen LogP contribution in [0.25, 0.3) is 0 Å². The molecule has 0 aliphatic carbocycles. The standard InChI is InChI=1S/C14H30N2S/c1-4-5-6-7-8-14(11-15)16-9-10-17-13(3)12(16)2/h12-14H,4-11,15H2,1-3H3. The summed E-state index contributed by atoms with van der Waals surface area (Å²) in [6.07, 6.45) is 6.71. The Morgan fingerprint density at radius 1 is 1.29 bits per heavy atom. The Kier molecular flexibility index (Phi) is 7.56. The average molecular weight is 258 g/mol. The molecule has 1 fully saturated rings. The summed E-state index contributed by atoms with van der Waals surface area (Å²) in [5, 5.41) is 0.758. The Morgan fingerprint density at radius 2 is 2.06 bits per heavy atom. The summed E-state index contributed by atoms with van der Waals surface area (Å²) in [5.74, 6) is 1.27. The smallest absolute Gasteiger partial charge is 0.0222 e. The van der Waals surface area contributed by atoms with E-state index in [1.54, 1.807) is 0 Å². The lowest BCUT2D eigenvalue weighted by atomic mass is 10.0. The molecule has 3 atom stereocenters. The first-order chi connectivity index (χ1) is 8.20. The van der Waals surface area contributed by atoms with Crippen molar-refractivity contribution in [2.45, 2.75) is 70.2 Å². The van der Waals surface area contributed by atoms with E-state index in [1.807, 2.05) is 0 Å². The van der Waals surface area contributed by atoms with Crippen LogP contribution in [0, 0.1) is 0 Å². The molecule has 2 N–H and O–H groups in total. The van der Waals surface area contributed by atoms with E-state index in [0.29, 0.717) is 12.1 Å². The van der Waals surface area contributed by atoms with Gasteiger partial charge in [-0.2, -0.15) is 11.8 Å². The van der Waals surface area contributed by atoms with Crippen LogP contribution in [0.15, 0.2) is 0 Å². The van der Waals surface area contributed by atoms with Crippen molar-refractivity contribution in [3.05, 3.63) is 0 Å². The lowest BCUT2D eigenvalue weighted by Crippen LogP contribution is -2.52. The van der Waals surface area contributed by atoms with Gasteiger partial charge in [0.2, 0.25) is 0 Å². The second kappa shape index (κ2) is 8.39. The minimum atomic E-state index is 0.616. The molecule has 2 nitrogen and oxygen atoms in total. The van der Waals surface area contributed by atoms with Crippen LogP contribution >= 0.6 is 11.8 Å². The summed E-state index contributed by atoms with van der Waals surface area (Å²) >= 11 is 2.11. The summed E-state index contributed by atoms with van der Waals surface area (Å²) in [7, 11) is 0. The molecule has 17 heavy (non-hydrogen) atoms. The Morgan fingerprint density at radius 3 is 2.71 bits per heavy atom. The molecule has 0 aromatic heterocycles. The van der Waals surface area contributed by atoms with Gasteiger partial charge < -0.3 is 5.73 Å². The zero-order chi connectivity index (χ0) is 12.7. The molecule has 1 rings (SSSR count). The Labute approximate surface area is 112 Å². The van der Waals surface area contributed by atoms with Gasteiger partial charge in [0, 0.05) is 36.2 Å². The lowest BCUT2D eigenvalue weighted by molar-refractivity contribution is 0.140. The highest BCUT2D eigenvalue weighted by Crippen LogP contribution is 2.27. The van der Waals surface area contributed by atoms with Crippen molar-refractivity contribution in [2.75, 3.05) is 18.8 Å². The van der Waals surface area contributed by atoms with E-state index >= 15 is 0 Å². The van der Waals surface area contributed by atoms with E-state index in [-0.39, 0.29) is 0 Å². The molecule has 1 heterocycles. The zero-order valence-electron chi connectivity index (χ0n) is 11.8. The van der Waals surface area contributed by atoms with Gasteiger partial charge >= 0.3 is 0 Å². The summed E-state index contributed by atoms with van der Waals surface area (Å²) in [5.41, 5.74) is 5.98. The number of nitrogens with zero attached hydrogens (tertiary/aromatic N) is 1. The molecule has 3 unspecified atom stereocenters. The molecule has 0 radical (unpaired) electrons. The Hall–Kier alpha value is 0.270. The molecule has 0 aromatic carbocycles. The highest BCUT2D eigenvalue weighted by atomic mass is 32.2. The quantitative estimate of drug-likeness (QED) is 0.712. The predicted octanol–water partition coefficient (Wildman–Crippen LogP) is 3.11. The molecule has 3 heteroatoms. The molecule has 102 valence electrons. The van der Waals surface area contributed by atoms with Crippen molar-refractivity contribution >= 4 is 11.8 Å². The molecule has 0 bridgehead atoms. The maximum Gasteiger partial charge on any atom is 0.0222 e. The molecule has 0 aromatic rings. The largest absolute Gasteiger partial charge is 0.329 e. The molecule has 1 aliphatic rings. The van der Waals surface area contributed by atoms with Crippen molar-refractivity contribution < 1.29 is 0 Å². The first-order valence-electron chi connectivity index (χ1n) is 7.28. The van der Waals surface area contributed by atoms with Crippen LogP contribution in [-0.4, -0.2) is 41.1 Å². The minimum absolute atomic E-state index is 0.616. The summed E-state index contributed by atoms with van der Waals surface area (Å²) in [4.78, 5) is 2.66. The zero-order valence-corrected chi connectivity index (χ0v) is 12.6. The molecular formula is C14H30N2S. The first-order valence-corrected chi connectivity index (χ1v) is 8.33. The molecule has 0 saturated carbocycles. The van der Waals surface area contributed by atoms with Gasteiger partial charge in [0.05, 0.1) is 0 Å². The maximum atomic E-state index is 5.98. The van der Waals surface area contributed by atoms with E-state index in [1.165, 1.54) is 44.4 Å². The molecule has 0 amide bonds. The van der Waals surface area contributed by atoms with Gasteiger partial charge in [-0.15, -0.1) is 0 Å². The monoisotopic (exact) mass is 258 g/mol. The van der Waals surface area contributed by atoms with Gasteiger partial charge in [-0.1, -0.05) is 39.5 Å². The second-order valence-electron chi connectivity index (χ2n) is 5.29. The molecule has 1 aliphatic heterocycles. The van der Waals surface area contributed by atoms with Crippen LogP contribution in [0.1, 0.15) is 52.9 Å². The third-order valence-corrected chi connectivity index (χ3v) is 5.40. The predicted molar refractivity (Wildman–Crippen MR) is 79.7 cm³/mol. The Balaban J connectivity index is 2.37. The topological polar surface area (TPSA) is 29.3 Å². The summed E-state index contributed by atoms with van der Waals surface area (Å²) < 4.78 is 0. The number of nitrogens with two attached hydrogens (primary N) is 1. The number of rotatable bonds is 7. The number of unbranched alkanes of at least 4 members (excludes halogenated alkanes) is 3. The second-order valence-corrected chi connectivity index (χ2v) is 6.78. The first kappa shape index (κ1) is 15.3. The van der Waals surface area contributed by atoms with Crippen molar-refractivity contribution in [1.82, 2.24) is 4.90 Å². The van der Waals surface area contributed by atoms with E-state index in [0.717, 1.165) is 11.8 Å². The van der Waals surface area contributed by atoms with Crippen LogP contribution in [0.4, 0.5) is 0 Å². The van der Waals surface area contributed by atoms with Crippen LogP contribution < -0.4 is 5.73 Å². The fourth-order valence-electron chi connectivity index (χ4n) is 2.70. The van der Waals surface area contributed by atoms with E-state index < -0.39 is 0 Å². The minimum Gasteiger partial charge on any atom is -0.329 e. The third-order valence-electron chi connectivity index (χ3n) is 4.06. The number of hydrogen-bond donors (Lipinski definition) is 1. The van der Waals surface area contributed by atoms with Gasteiger partial charge in [0.15, 0.2) is 0 Å². The van der Waals surface area contributed by atoms with E-state index in [4.69, 9.17) is 5.73 Å². The van der Waals surface area contributed by atoms with Gasteiger partial charge in [-0.3, -0.25) is 4.90 Å². The van der Waals surface area contributed by atoms with Crippen molar-refractivity contribution in [3.63, 3.8) is 0 Å². The van der Waals surface area contributed by atoms with E-state index in [9.17, 15) is 0 Å². The van der Waals surface area contributed by atoms with Crippen molar-refractivity contribution in [2.24, 2.45) is 5.73 Å². The fourth-order valence-corrected chi connectivity index (χ4v) is 3.82. The van der Waals surface area contributed by atoms with Crippen molar-refractivity contribution in [1.29, 1.82) is 0 Å². The maximum absolute atomic E-state index is 5.98. The summed E-state index contributed by atoms with van der Waals surface area (Å²) in [6.45, 7) is 9.05. The highest BCUT2D eigenvalue weighted by Gasteiger charge is 2.29. The lowest BCUT2D eigenvalue weighted by Gasteiger charge is -2.42. The molecule has 0 spiro atoms. The van der Waals surface area contributed by atoms with Gasteiger partial charge in [0.25, 0.3) is 0 Å². The molecular weight excluding hydrogens is 228 g/mol. The van der Waals surface area contributed by atoms with E-state index in [2.05, 4.69) is 37.4 Å². The molecule has 1 saturated heterocycles. The van der Waals surface area contributed by atoms with Crippen LogP contribution in [0.3, 0.4) is 0 Å². The Bertz CT molecular complexity index is 199. The van der Waals surface area contributed by atoms with Gasteiger partial charge in [-0.25, -0.2) is 0 Å². The fraction of sp³-hybridized carbons (Fsp3) is 1.00. The van der Waals surface area contributed by atoms with Crippen LogP contribution in [0.2, 0.25) is 0 Å². The third kappa shape index (κ3) is 4.80. The summed E-state index contributed by atoms with van der Waals surface area (Å²) in [6, 6.07) is 1.30. The van der Waals surface area contributed by atoms with Crippen LogP contribution in [-0.2, 0) is 0 Å². The highest BCUT2D eigenvalue weighted by molar-refractivity contribution is 8.00. The van der Waals surface area contributed by atoms with Gasteiger partial charge in [0.1, 0.15) is 0 Å². The average Bonchev–Trinajstić information content (AvgIpc) is 2.34. The van der Waals surface area contributed by atoms with Gasteiger partial charge in [-0.05, 0) is 13.3 Å². The number of thioether (sulfide) groups is 1. The SMILES string of the molecule is CCCCCCC(CN)N1CCSC(C)C1C. The van der Waals surface area contributed by atoms with Crippen molar-refractivity contribution in [3.8, 4) is 0 Å². The van der Waals surface area contributed by atoms with Crippen LogP contribution in [0.5, 0.6) is 0 Å².